The van der Waals surface area contributed by atoms with Crippen LogP contribution in [0.5, 0.6) is 0 Å². The normalized spacial score (nSPS) is 10.8. The number of rotatable bonds is 8. The number of hydrogen-bond donors (Lipinski definition) is 3. The van der Waals surface area contributed by atoms with E-state index in [1.807, 2.05) is 54.6 Å². The Hall–Kier alpha value is -3.15. The molecule has 0 heterocycles. The zero-order valence-electron chi connectivity index (χ0n) is 15.7. The Morgan fingerprint density at radius 3 is 2.11 bits per heavy atom. The molecule has 0 aliphatic carbocycles. The van der Waals surface area contributed by atoms with Gasteiger partial charge in [-0.25, -0.2) is 0 Å². The molecule has 144 valence electrons. The summed E-state index contributed by atoms with van der Waals surface area (Å²) in [6.07, 6.45) is 0. The Morgan fingerprint density at radius 1 is 0.857 bits per heavy atom. The van der Waals surface area contributed by atoms with E-state index in [9.17, 15) is 9.90 Å². The number of hydrogen-bond acceptors (Lipinski definition) is 4. The standard InChI is InChI=1S/C23H25N3O2/c24-21-8-4-5-9-22(21)25-23(28)20-12-10-19(11-13-20)17-26(14-15-27)16-18-6-2-1-3-7-18/h1-13,27H,14-17,24H2,(H,25,28). The molecule has 0 fully saturated rings. The number of nitrogens with zero attached hydrogens (tertiary/aromatic N) is 1. The predicted octanol–water partition coefficient (Wildman–Crippen LogP) is 3.52. The first kappa shape index (κ1) is 19.6. The van der Waals surface area contributed by atoms with Crippen molar-refractivity contribution < 1.29 is 9.90 Å². The average molecular weight is 375 g/mol. The van der Waals surface area contributed by atoms with Crippen LogP contribution in [0.25, 0.3) is 0 Å². The van der Waals surface area contributed by atoms with E-state index >= 15 is 0 Å². The van der Waals surface area contributed by atoms with Gasteiger partial charge in [-0.05, 0) is 35.4 Å². The van der Waals surface area contributed by atoms with Gasteiger partial charge >= 0.3 is 0 Å². The van der Waals surface area contributed by atoms with Crippen LogP contribution < -0.4 is 11.1 Å². The molecule has 0 unspecified atom stereocenters. The van der Waals surface area contributed by atoms with E-state index in [1.165, 1.54) is 5.56 Å². The number of nitrogens with one attached hydrogen (secondary N) is 1. The number of amides is 1. The highest BCUT2D eigenvalue weighted by atomic mass is 16.3. The summed E-state index contributed by atoms with van der Waals surface area (Å²) in [5.41, 5.74) is 9.88. The van der Waals surface area contributed by atoms with Crippen LogP contribution in [0, 0.1) is 0 Å². The minimum atomic E-state index is -0.194. The summed E-state index contributed by atoms with van der Waals surface area (Å²) < 4.78 is 0. The molecule has 5 nitrogen and oxygen atoms in total. The number of benzene rings is 3. The number of para-hydroxylation sites is 2. The maximum Gasteiger partial charge on any atom is 0.255 e. The van der Waals surface area contributed by atoms with Crippen LogP contribution in [0.3, 0.4) is 0 Å². The van der Waals surface area contributed by atoms with E-state index in [0.717, 1.165) is 12.1 Å². The van der Waals surface area contributed by atoms with Crippen LogP contribution in [0.4, 0.5) is 11.4 Å². The third-order valence-corrected chi connectivity index (χ3v) is 4.50. The summed E-state index contributed by atoms with van der Waals surface area (Å²) in [5, 5.41) is 12.2. The molecule has 0 spiro atoms. The first-order chi connectivity index (χ1) is 13.7. The van der Waals surface area contributed by atoms with E-state index in [0.29, 0.717) is 30.0 Å². The molecule has 4 N–H and O–H groups in total. The van der Waals surface area contributed by atoms with Gasteiger partial charge < -0.3 is 16.2 Å². The first-order valence-corrected chi connectivity index (χ1v) is 9.27. The summed E-state index contributed by atoms with van der Waals surface area (Å²) in [6, 6.07) is 24.9. The summed E-state index contributed by atoms with van der Waals surface area (Å²) >= 11 is 0. The fraction of sp³-hybridized carbons (Fsp3) is 0.174. The fourth-order valence-electron chi connectivity index (χ4n) is 3.02. The molecule has 3 aromatic rings. The van der Waals surface area contributed by atoms with Gasteiger partial charge in [-0.15, -0.1) is 0 Å². The van der Waals surface area contributed by atoms with Crippen molar-refractivity contribution in [2.45, 2.75) is 13.1 Å². The summed E-state index contributed by atoms with van der Waals surface area (Å²) in [5.74, 6) is -0.194. The van der Waals surface area contributed by atoms with Crippen LogP contribution in [0.2, 0.25) is 0 Å². The van der Waals surface area contributed by atoms with Gasteiger partial charge in [0.2, 0.25) is 0 Å². The summed E-state index contributed by atoms with van der Waals surface area (Å²) in [4.78, 5) is 14.6. The average Bonchev–Trinajstić information content (AvgIpc) is 2.71. The molecule has 0 aliphatic heterocycles. The Balaban J connectivity index is 1.63. The van der Waals surface area contributed by atoms with E-state index in [1.54, 1.807) is 12.1 Å². The van der Waals surface area contributed by atoms with Gasteiger partial charge in [-0.1, -0.05) is 54.6 Å². The minimum absolute atomic E-state index is 0.103. The van der Waals surface area contributed by atoms with Gasteiger partial charge in [0.15, 0.2) is 0 Å². The number of nitrogen functional groups attached to an aromatic ring is 1. The molecule has 3 aromatic carbocycles. The van der Waals surface area contributed by atoms with Crippen molar-refractivity contribution in [3.8, 4) is 0 Å². The van der Waals surface area contributed by atoms with E-state index < -0.39 is 0 Å². The molecule has 1 amide bonds. The fourth-order valence-corrected chi connectivity index (χ4v) is 3.02. The second kappa shape index (κ2) is 9.69. The molecule has 0 bridgehead atoms. The Labute approximate surface area is 165 Å². The van der Waals surface area contributed by atoms with E-state index in [2.05, 4.69) is 22.3 Å². The van der Waals surface area contributed by atoms with Crippen LogP contribution in [0.15, 0.2) is 78.9 Å². The van der Waals surface area contributed by atoms with E-state index in [-0.39, 0.29) is 12.5 Å². The lowest BCUT2D eigenvalue weighted by Gasteiger charge is -2.21. The molecule has 0 aliphatic rings. The van der Waals surface area contributed by atoms with Crippen LogP contribution in [0.1, 0.15) is 21.5 Å². The molecule has 0 atom stereocenters. The van der Waals surface area contributed by atoms with Crippen LogP contribution in [-0.4, -0.2) is 29.1 Å². The monoisotopic (exact) mass is 375 g/mol. The molecule has 0 saturated heterocycles. The lowest BCUT2D eigenvalue weighted by atomic mass is 10.1. The predicted molar refractivity (Wildman–Crippen MR) is 113 cm³/mol. The number of anilines is 2. The number of carbonyl (C=O) groups is 1. The van der Waals surface area contributed by atoms with Gasteiger partial charge in [-0.3, -0.25) is 9.69 Å². The van der Waals surface area contributed by atoms with Crippen molar-refractivity contribution in [3.63, 3.8) is 0 Å². The number of aliphatic hydroxyl groups excluding tert-OH is 1. The quantitative estimate of drug-likeness (QED) is 0.527. The largest absolute Gasteiger partial charge is 0.397 e. The maximum absolute atomic E-state index is 12.4. The molecule has 3 rings (SSSR count). The van der Waals surface area contributed by atoms with Crippen molar-refractivity contribution in [2.75, 3.05) is 24.2 Å². The smallest absolute Gasteiger partial charge is 0.255 e. The van der Waals surface area contributed by atoms with E-state index in [4.69, 9.17) is 5.73 Å². The lowest BCUT2D eigenvalue weighted by Crippen LogP contribution is -2.26. The number of nitrogens with two attached hydrogens (primary N) is 1. The van der Waals surface area contributed by atoms with Crippen molar-refractivity contribution in [3.05, 3.63) is 95.6 Å². The maximum atomic E-state index is 12.4. The lowest BCUT2D eigenvalue weighted by molar-refractivity contribution is 0.102. The Kier molecular flexibility index (Phi) is 6.78. The second-order valence-electron chi connectivity index (χ2n) is 6.66. The minimum Gasteiger partial charge on any atom is -0.397 e. The summed E-state index contributed by atoms with van der Waals surface area (Å²) in [7, 11) is 0. The highest BCUT2D eigenvalue weighted by Gasteiger charge is 2.10. The van der Waals surface area contributed by atoms with Crippen molar-refractivity contribution >= 4 is 17.3 Å². The van der Waals surface area contributed by atoms with Crippen molar-refractivity contribution in [2.24, 2.45) is 0 Å². The molecule has 28 heavy (non-hydrogen) atoms. The van der Waals surface area contributed by atoms with Gasteiger partial charge in [0.05, 0.1) is 18.0 Å². The van der Waals surface area contributed by atoms with Gasteiger partial charge in [0.1, 0.15) is 0 Å². The SMILES string of the molecule is Nc1ccccc1NC(=O)c1ccc(CN(CCO)Cc2ccccc2)cc1. The zero-order valence-corrected chi connectivity index (χ0v) is 15.7. The highest BCUT2D eigenvalue weighted by molar-refractivity contribution is 6.05. The van der Waals surface area contributed by atoms with Gasteiger partial charge in [0.25, 0.3) is 5.91 Å². The number of carbonyl (C=O) groups excluding carboxylic acids is 1. The molecule has 5 heteroatoms. The van der Waals surface area contributed by atoms with Crippen LogP contribution >= 0.6 is 0 Å². The van der Waals surface area contributed by atoms with Gasteiger partial charge in [-0.2, -0.15) is 0 Å². The van der Waals surface area contributed by atoms with Gasteiger partial charge in [0, 0.05) is 25.2 Å². The molecular formula is C23H25N3O2. The topological polar surface area (TPSA) is 78.6 Å². The third kappa shape index (κ3) is 5.42. The van der Waals surface area contributed by atoms with Crippen molar-refractivity contribution in [1.29, 1.82) is 0 Å². The molecular weight excluding hydrogens is 350 g/mol. The van der Waals surface area contributed by atoms with Crippen molar-refractivity contribution in [1.82, 2.24) is 4.90 Å². The Bertz CT molecular complexity index is 895. The Morgan fingerprint density at radius 2 is 1.46 bits per heavy atom. The molecule has 0 radical (unpaired) electrons. The third-order valence-electron chi connectivity index (χ3n) is 4.50. The summed E-state index contributed by atoms with van der Waals surface area (Å²) in [6.45, 7) is 2.15. The first-order valence-electron chi connectivity index (χ1n) is 9.27. The van der Waals surface area contributed by atoms with Crippen LogP contribution in [-0.2, 0) is 13.1 Å². The highest BCUT2D eigenvalue weighted by Crippen LogP contribution is 2.18. The number of aliphatic hydroxyl groups is 1. The molecule has 0 aromatic heterocycles. The zero-order chi connectivity index (χ0) is 19.8. The molecule has 0 saturated carbocycles. The second-order valence-corrected chi connectivity index (χ2v) is 6.66.